The third-order valence-electron chi connectivity index (χ3n) is 4.41. The molecule has 1 aromatic carbocycles. The average molecular weight is 249 g/mol. The van der Waals surface area contributed by atoms with Gasteiger partial charge in [0.1, 0.15) is 0 Å². The Morgan fingerprint density at radius 3 is 2.65 bits per heavy atom. The standard InChI is InChI=1S/C15H23NS/c1-3-15(4-2,11-16)9-12-10-17-14-8-6-5-7-13(12)14/h5-8,12H,3-4,9-11,16H2,1-2H3. The summed E-state index contributed by atoms with van der Waals surface area (Å²) in [4.78, 5) is 1.48. The van der Waals surface area contributed by atoms with Crippen LogP contribution in [0.5, 0.6) is 0 Å². The molecule has 1 nitrogen and oxygen atoms in total. The lowest BCUT2D eigenvalue weighted by atomic mass is 9.74. The number of fused-ring (bicyclic) bond motifs is 1. The van der Waals surface area contributed by atoms with Gasteiger partial charge in [-0.1, -0.05) is 32.0 Å². The van der Waals surface area contributed by atoms with Gasteiger partial charge in [-0.15, -0.1) is 11.8 Å². The number of hydrogen-bond acceptors (Lipinski definition) is 2. The SMILES string of the molecule is CCC(CC)(CN)CC1CSc2ccccc21. The Balaban J connectivity index is 2.16. The molecule has 0 bridgehead atoms. The van der Waals surface area contributed by atoms with Crippen molar-refractivity contribution in [3.8, 4) is 0 Å². The second kappa shape index (κ2) is 5.45. The molecular formula is C15H23NS. The molecule has 0 spiro atoms. The maximum absolute atomic E-state index is 6.02. The van der Waals surface area contributed by atoms with Crippen LogP contribution in [0.25, 0.3) is 0 Å². The highest BCUT2D eigenvalue weighted by Crippen LogP contribution is 2.46. The smallest absolute Gasteiger partial charge is 0.0107 e. The zero-order chi connectivity index (χ0) is 12.3. The van der Waals surface area contributed by atoms with Gasteiger partial charge in [-0.2, -0.15) is 0 Å². The van der Waals surface area contributed by atoms with Crippen LogP contribution >= 0.6 is 11.8 Å². The van der Waals surface area contributed by atoms with Crippen molar-refractivity contribution in [3.63, 3.8) is 0 Å². The van der Waals surface area contributed by atoms with Crippen molar-refractivity contribution >= 4 is 11.8 Å². The Morgan fingerprint density at radius 2 is 2.00 bits per heavy atom. The van der Waals surface area contributed by atoms with Gasteiger partial charge in [-0.3, -0.25) is 0 Å². The van der Waals surface area contributed by atoms with Crippen LogP contribution in [0.3, 0.4) is 0 Å². The lowest BCUT2D eigenvalue weighted by molar-refractivity contribution is 0.235. The summed E-state index contributed by atoms with van der Waals surface area (Å²) in [6.45, 7) is 5.39. The van der Waals surface area contributed by atoms with Gasteiger partial charge in [0.25, 0.3) is 0 Å². The summed E-state index contributed by atoms with van der Waals surface area (Å²) >= 11 is 2.01. The Kier molecular flexibility index (Phi) is 4.16. The Morgan fingerprint density at radius 1 is 1.29 bits per heavy atom. The van der Waals surface area contributed by atoms with Crippen molar-refractivity contribution in [2.45, 2.75) is 43.9 Å². The molecule has 17 heavy (non-hydrogen) atoms. The van der Waals surface area contributed by atoms with Crippen LogP contribution in [0.4, 0.5) is 0 Å². The molecule has 1 aromatic rings. The first-order valence-corrected chi connectivity index (χ1v) is 7.65. The van der Waals surface area contributed by atoms with Gasteiger partial charge in [-0.05, 0) is 48.8 Å². The topological polar surface area (TPSA) is 26.0 Å². The monoisotopic (exact) mass is 249 g/mol. The lowest BCUT2D eigenvalue weighted by Gasteiger charge is -2.33. The van der Waals surface area contributed by atoms with Crippen molar-refractivity contribution in [1.82, 2.24) is 0 Å². The predicted molar refractivity (Wildman–Crippen MR) is 76.6 cm³/mol. The highest BCUT2D eigenvalue weighted by atomic mass is 32.2. The highest BCUT2D eigenvalue weighted by molar-refractivity contribution is 7.99. The molecule has 0 aromatic heterocycles. The fourth-order valence-electron chi connectivity index (χ4n) is 2.83. The summed E-state index contributed by atoms with van der Waals surface area (Å²) in [5.74, 6) is 1.95. The molecule has 2 heteroatoms. The van der Waals surface area contributed by atoms with Crippen LogP contribution in [0.1, 0.15) is 44.6 Å². The summed E-state index contributed by atoms with van der Waals surface area (Å²) in [7, 11) is 0. The maximum atomic E-state index is 6.02. The zero-order valence-electron chi connectivity index (χ0n) is 10.9. The van der Waals surface area contributed by atoms with Crippen LogP contribution in [0.15, 0.2) is 29.2 Å². The Hall–Kier alpha value is -0.470. The van der Waals surface area contributed by atoms with Gasteiger partial charge in [0, 0.05) is 10.6 Å². The third-order valence-corrected chi connectivity index (χ3v) is 5.66. The van der Waals surface area contributed by atoms with E-state index in [1.54, 1.807) is 5.56 Å². The molecule has 1 aliphatic rings. The first kappa shape index (κ1) is 13.0. The minimum Gasteiger partial charge on any atom is -0.330 e. The van der Waals surface area contributed by atoms with E-state index in [-0.39, 0.29) is 0 Å². The molecule has 1 unspecified atom stereocenters. The van der Waals surface area contributed by atoms with E-state index in [1.807, 2.05) is 11.8 Å². The molecule has 0 aliphatic carbocycles. The van der Waals surface area contributed by atoms with Crippen LogP contribution in [-0.2, 0) is 0 Å². The summed E-state index contributed by atoms with van der Waals surface area (Å²) < 4.78 is 0. The molecule has 94 valence electrons. The molecule has 1 atom stereocenters. The van der Waals surface area contributed by atoms with E-state index < -0.39 is 0 Å². The molecule has 2 rings (SSSR count). The van der Waals surface area contributed by atoms with Gasteiger partial charge in [0.2, 0.25) is 0 Å². The van der Waals surface area contributed by atoms with E-state index in [9.17, 15) is 0 Å². The van der Waals surface area contributed by atoms with Gasteiger partial charge in [-0.25, -0.2) is 0 Å². The number of nitrogens with two attached hydrogens (primary N) is 1. The maximum Gasteiger partial charge on any atom is 0.0107 e. The molecular weight excluding hydrogens is 226 g/mol. The normalized spacial score (nSPS) is 19.4. The summed E-state index contributed by atoms with van der Waals surface area (Å²) in [5, 5.41) is 0. The van der Waals surface area contributed by atoms with E-state index in [1.165, 1.54) is 29.9 Å². The highest BCUT2D eigenvalue weighted by Gasteiger charge is 2.32. The van der Waals surface area contributed by atoms with Crippen molar-refractivity contribution in [2.24, 2.45) is 11.1 Å². The number of thioether (sulfide) groups is 1. The molecule has 0 saturated carbocycles. The molecule has 0 radical (unpaired) electrons. The lowest BCUT2D eigenvalue weighted by Crippen LogP contribution is -2.31. The Labute approximate surface area is 109 Å². The van der Waals surface area contributed by atoms with Crippen LogP contribution in [0.2, 0.25) is 0 Å². The number of benzene rings is 1. The molecule has 0 fully saturated rings. The van der Waals surface area contributed by atoms with Crippen molar-refractivity contribution in [2.75, 3.05) is 12.3 Å². The summed E-state index contributed by atoms with van der Waals surface area (Å²) in [6, 6.07) is 8.86. The summed E-state index contributed by atoms with van der Waals surface area (Å²) in [5.41, 5.74) is 7.92. The fraction of sp³-hybridized carbons (Fsp3) is 0.600. The second-order valence-corrected chi connectivity index (χ2v) is 6.22. The second-order valence-electron chi connectivity index (χ2n) is 5.16. The van der Waals surface area contributed by atoms with Crippen molar-refractivity contribution < 1.29 is 0 Å². The van der Waals surface area contributed by atoms with E-state index in [0.29, 0.717) is 11.3 Å². The van der Waals surface area contributed by atoms with E-state index in [0.717, 1.165) is 6.54 Å². The fourth-order valence-corrected chi connectivity index (χ4v) is 4.09. The van der Waals surface area contributed by atoms with E-state index in [4.69, 9.17) is 5.73 Å². The van der Waals surface area contributed by atoms with E-state index in [2.05, 4.69) is 38.1 Å². The first-order chi connectivity index (χ1) is 8.24. The van der Waals surface area contributed by atoms with Gasteiger partial charge in [0.05, 0.1) is 0 Å². The summed E-state index contributed by atoms with van der Waals surface area (Å²) in [6.07, 6.45) is 3.65. The molecule has 1 heterocycles. The van der Waals surface area contributed by atoms with Crippen molar-refractivity contribution in [1.29, 1.82) is 0 Å². The Bertz CT molecular complexity index is 363. The largest absolute Gasteiger partial charge is 0.330 e. The van der Waals surface area contributed by atoms with Gasteiger partial charge >= 0.3 is 0 Å². The average Bonchev–Trinajstić information content (AvgIpc) is 2.79. The number of hydrogen-bond donors (Lipinski definition) is 1. The first-order valence-electron chi connectivity index (χ1n) is 6.66. The number of rotatable bonds is 5. The van der Waals surface area contributed by atoms with Gasteiger partial charge < -0.3 is 5.73 Å². The quantitative estimate of drug-likeness (QED) is 0.852. The van der Waals surface area contributed by atoms with Gasteiger partial charge in [0.15, 0.2) is 0 Å². The van der Waals surface area contributed by atoms with Crippen LogP contribution in [-0.4, -0.2) is 12.3 Å². The molecule has 1 aliphatic heterocycles. The van der Waals surface area contributed by atoms with Crippen LogP contribution in [0, 0.1) is 5.41 Å². The van der Waals surface area contributed by atoms with Crippen LogP contribution < -0.4 is 5.73 Å². The van der Waals surface area contributed by atoms with E-state index >= 15 is 0 Å². The minimum atomic E-state index is 0.350. The minimum absolute atomic E-state index is 0.350. The third kappa shape index (κ3) is 2.53. The molecule has 0 saturated heterocycles. The van der Waals surface area contributed by atoms with Crippen molar-refractivity contribution in [3.05, 3.63) is 29.8 Å². The zero-order valence-corrected chi connectivity index (χ0v) is 11.7. The predicted octanol–water partition coefficient (Wildman–Crippen LogP) is 4.03. The molecule has 2 N–H and O–H groups in total. The molecule has 0 amide bonds.